The van der Waals surface area contributed by atoms with E-state index in [-0.39, 0.29) is 5.91 Å². The Balaban J connectivity index is 1.68. The van der Waals surface area contributed by atoms with Crippen molar-refractivity contribution in [2.45, 2.75) is 32.6 Å². The number of aromatic nitrogens is 1. The molecule has 1 N–H and O–H groups in total. The third-order valence-corrected chi connectivity index (χ3v) is 5.22. The molecule has 0 bridgehead atoms. The van der Waals surface area contributed by atoms with Gasteiger partial charge in [0.05, 0.1) is 5.56 Å². The highest BCUT2D eigenvalue weighted by Crippen LogP contribution is 2.22. The van der Waals surface area contributed by atoms with Gasteiger partial charge in [0.15, 0.2) is 0 Å². The Labute approximate surface area is 151 Å². The summed E-state index contributed by atoms with van der Waals surface area (Å²) < 4.78 is 1.08. The number of rotatable bonds is 3. The molecule has 2 heterocycles. The van der Waals surface area contributed by atoms with Crippen molar-refractivity contribution < 1.29 is 4.79 Å². The summed E-state index contributed by atoms with van der Waals surface area (Å²) in [6.45, 7) is 3.76. The summed E-state index contributed by atoms with van der Waals surface area (Å²) in [5.41, 5.74) is 2.80. The van der Waals surface area contributed by atoms with E-state index in [0.717, 1.165) is 47.5 Å². The maximum atomic E-state index is 12.6. The number of nitrogens with one attached hydrogen (secondary N) is 1. The zero-order chi connectivity index (χ0) is 16.9. The Kier molecular flexibility index (Phi) is 5.51. The average molecular weight is 388 g/mol. The van der Waals surface area contributed by atoms with E-state index in [2.05, 4.69) is 32.3 Å². The van der Waals surface area contributed by atoms with E-state index in [1.165, 1.54) is 12.8 Å². The lowest BCUT2D eigenvalue weighted by molar-refractivity contribution is 0.0761. The molecule has 4 nitrogen and oxygen atoms in total. The van der Waals surface area contributed by atoms with Crippen LogP contribution in [0, 0.1) is 6.92 Å². The molecule has 5 heteroatoms. The van der Waals surface area contributed by atoms with Crippen molar-refractivity contribution in [2.24, 2.45) is 0 Å². The number of hydrogen-bond acceptors (Lipinski definition) is 3. The predicted molar refractivity (Wildman–Crippen MR) is 101 cm³/mol. The first-order valence-electron chi connectivity index (χ1n) is 8.42. The molecule has 0 spiro atoms. The Morgan fingerprint density at radius 2 is 1.88 bits per heavy atom. The van der Waals surface area contributed by atoms with Crippen LogP contribution in [0.5, 0.6) is 0 Å². The van der Waals surface area contributed by atoms with Gasteiger partial charge in [0.2, 0.25) is 0 Å². The molecule has 1 fully saturated rings. The van der Waals surface area contributed by atoms with Gasteiger partial charge in [-0.1, -0.05) is 28.8 Å². The van der Waals surface area contributed by atoms with Crippen molar-refractivity contribution in [3.8, 4) is 0 Å². The number of pyridine rings is 1. The van der Waals surface area contributed by atoms with Crippen LogP contribution in [-0.4, -0.2) is 28.9 Å². The summed E-state index contributed by atoms with van der Waals surface area (Å²) in [6.07, 6.45) is 6.31. The monoisotopic (exact) mass is 387 g/mol. The van der Waals surface area contributed by atoms with Crippen molar-refractivity contribution in [1.29, 1.82) is 0 Å². The van der Waals surface area contributed by atoms with Crippen LogP contribution in [0.1, 0.15) is 41.6 Å². The quantitative estimate of drug-likeness (QED) is 0.813. The van der Waals surface area contributed by atoms with Gasteiger partial charge in [-0.15, -0.1) is 0 Å². The first kappa shape index (κ1) is 17.0. The van der Waals surface area contributed by atoms with E-state index in [0.29, 0.717) is 5.56 Å². The van der Waals surface area contributed by atoms with Crippen molar-refractivity contribution in [3.63, 3.8) is 0 Å². The minimum atomic E-state index is 0.0930. The number of carbonyl (C=O) groups excluding carboxylic acids is 1. The number of likely N-dealkylation sites (tertiary alicyclic amines) is 1. The number of aryl methyl sites for hydroxylation is 1. The van der Waals surface area contributed by atoms with E-state index >= 15 is 0 Å². The molecule has 0 aliphatic carbocycles. The Morgan fingerprint density at radius 3 is 2.50 bits per heavy atom. The van der Waals surface area contributed by atoms with Gasteiger partial charge in [-0.25, -0.2) is 4.98 Å². The van der Waals surface area contributed by atoms with Gasteiger partial charge in [0, 0.05) is 29.4 Å². The molecular formula is C19H22BrN3O. The lowest BCUT2D eigenvalue weighted by Crippen LogP contribution is -2.31. The van der Waals surface area contributed by atoms with Crippen LogP contribution in [0.3, 0.4) is 0 Å². The van der Waals surface area contributed by atoms with Crippen LogP contribution >= 0.6 is 15.9 Å². The summed E-state index contributed by atoms with van der Waals surface area (Å²) in [5, 5.41) is 3.27. The van der Waals surface area contributed by atoms with E-state index in [9.17, 15) is 4.79 Å². The van der Waals surface area contributed by atoms with Gasteiger partial charge in [-0.3, -0.25) is 4.79 Å². The molecule has 0 saturated carbocycles. The molecule has 3 rings (SSSR count). The van der Waals surface area contributed by atoms with Gasteiger partial charge in [0.25, 0.3) is 5.91 Å². The van der Waals surface area contributed by atoms with E-state index in [1.54, 1.807) is 6.20 Å². The maximum absolute atomic E-state index is 12.6. The fraction of sp³-hybridized carbons (Fsp3) is 0.368. The number of nitrogens with zero attached hydrogens (tertiary/aromatic N) is 2. The molecule has 1 saturated heterocycles. The molecule has 1 aromatic heterocycles. The standard InChI is InChI=1S/C19H22BrN3O/c1-14-12-16(7-8-17(14)20)22-18-9-6-15(13-21-18)19(24)23-10-4-2-3-5-11-23/h6-9,12-13H,2-5,10-11H2,1H3,(H,21,22). The first-order chi connectivity index (χ1) is 11.6. The molecule has 1 amide bonds. The molecule has 0 radical (unpaired) electrons. The largest absolute Gasteiger partial charge is 0.340 e. The van der Waals surface area contributed by atoms with E-state index < -0.39 is 0 Å². The fourth-order valence-electron chi connectivity index (χ4n) is 2.92. The number of anilines is 2. The highest BCUT2D eigenvalue weighted by molar-refractivity contribution is 9.10. The molecule has 1 aliphatic heterocycles. The van der Waals surface area contributed by atoms with Gasteiger partial charge in [0.1, 0.15) is 5.82 Å². The second-order valence-electron chi connectivity index (χ2n) is 6.23. The van der Waals surface area contributed by atoms with Crippen molar-refractivity contribution in [1.82, 2.24) is 9.88 Å². The third-order valence-electron chi connectivity index (χ3n) is 4.33. The molecule has 126 valence electrons. The van der Waals surface area contributed by atoms with E-state index in [1.807, 2.05) is 36.1 Å². The first-order valence-corrected chi connectivity index (χ1v) is 9.21. The third kappa shape index (κ3) is 4.15. The van der Waals surface area contributed by atoms with Crippen molar-refractivity contribution >= 4 is 33.3 Å². The van der Waals surface area contributed by atoms with Crippen LogP contribution in [0.4, 0.5) is 11.5 Å². The van der Waals surface area contributed by atoms with Crippen LogP contribution < -0.4 is 5.32 Å². The van der Waals surface area contributed by atoms with Gasteiger partial charge in [-0.2, -0.15) is 0 Å². The lowest BCUT2D eigenvalue weighted by Gasteiger charge is -2.20. The molecule has 0 unspecified atom stereocenters. The molecule has 1 aliphatic rings. The summed E-state index contributed by atoms with van der Waals surface area (Å²) in [4.78, 5) is 18.9. The van der Waals surface area contributed by atoms with Crippen LogP contribution in [-0.2, 0) is 0 Å². The minimum Gasteiger partial charge on any atom is -0.340 e. The maximum Gasteiger partial charge on any atom is 0.255 e. The Hall–Kier alpha value is -1.88. The Morgan fingerprint density at radius 1 is 1.12 bits per heavy atom. The molecule has 2 aromatic rings. The topological polar surface area (TPSA) is 45.2 Å². The molecular weight excluding hydrogens is 366 g/mol. The average Bonchev–Trinajstić information content (AvgIpc) is 2.88. The van der Waals surface area contributed by atoms with Gasteiger partial charge >= 0.3 is 0 Å². The normalized spacial score (nSPS) is 15.0. The van der Waals surface area contributed by atoms with Crippen molar-refractivity contribution in [2.75, 3.05) is 18.4 Å². The zero-order valence-electron chi connectivity index (χ0n) is 13.9. The van der Waals surface area contributed by atoms with Crippen LogP contribution in [0.2, 0.25) is 0 Å². The number of hydrogen-bond donors (Lipinski definition) is 1. The summed E-state index contributed by atoms with van der Waals surface area (Å²) in [5.74, 6) is 0.833. The fourth-order valence-corrected chi connectivity index (χ4v) is 3.17. The zero-order valence-corrected chi connectivity index (χ0v) is 15.5. The number of carbonyl (C=O) groups is 1. The second kappa shape index (κ2) is 7.79. The van der Waals surface area contributed by atoms with E-state index in [4.69, 9.17) is 0 Å². The van der Waals surface area contributed by atoms with Crippen molar-refractivity contribution in [3.05, 3.63) is 52.1 Å². The summed E-state index contributed by atoms with van der Waals surface area (Å²) in [6, 6.07) is 9.78. The number of benzene rings is 1. The van der Waals surface area contributed by atoms with Gasteiger partial charge in [-0.05, 0) is 55.7 Å². The number of amides is 1. The lowest BCUT2D eigenvalue weighted by atomic mass is 10.2. The van der Waals surface area contributed by atoms with Crippen LogP contribution in [0.15, 0.2) is 41.0 Å². The highest BCUT2D eigenvalue weighted by Gasteiger charge is 2.17. The Bertz CT molecular complexity index is 707. The smallest absolute Gasteiger partial charge is 0.255 e. The molecule has 24 heavy (non-hydrogen) atoms. The summed E-state index contributed by atoms with van der Waals surface area (Å²) >= 11 is 3.50. The van der Waals surface area contributed by atoms with Gasteiger partial charge < -0.3 is 10.2 Å². The molecule has 1 aromatic carbocycles. The second-order valence-corrected chi connectivity index (χ2v) is 7.08. The summed E-state index contributed by atoms with van der Waals surface area (Å²) in [7, 11) is 0. The highest BCUT2D eigenvalue weighted by atomic mass is 79.9. The predicted octanol–water partition coefficient (Wildman–Crippen LogP) is 4.91. The minimum absolute atomic E-state index is 0.0930. The number of halogens is 1. The van der Waals surface area contributed by atoms with Crippen LogP contribution in [0.25, 0.3) is 0 Å². The molecule has 0 atom stereocenters. The SMILES string of the molecule is Cc1cc(Nc2ccc(C(=O)N3CCCCCC3)cn2)ccc1Br.